The van der Waals surface area contributed by atoms with Gasteiger partial charge in [-0.25, -0.2) is 14.5 Å². The van der Waals surface area contributed by atoms with Crippen LogP contribution in [0.2, 0.25) is 5.15 Å². The zero-order valence-corrected chi connectivity index (χ0v) is 12.6. The molecule has 0 saturated carbocycles. The van der Waals surface area contributed by atoms with Crippen LogP contribution in [-0.4, -0.2) is 30.8 Å². The van der Waals surface area contributed by atoms with Crippen LogP contribution in [0.3, 0.4) is 0 Å². The summed E-state index contributed by atoms with van der Waals surface area (Å²) >= 11 is 5.75. The summed E-state index contributed by atoms with van der Waals surface area (Å²) in [5, 5.41) is 16.9. The molecule has 0 radical (unpaired) electrons. The first-order chi connectivity index (χ1) is 11.1. The monoisotopic (exact) mass is 329 g/mol. The summed E-state index contributed by atoms with van der Waals surface area (Å²) in [6, 6.07) is 6.98. The predicted molar refractivity (Wildman–Crippen MR) is 84.9 cm³/mol. The summed E-state index contributed by atoms with van der Waals surface area (Å²) in [7, 11) is 0. The second-order valence-corrected chi connectivity index (χ2v) is 5.07. The fourth-order valence-electron chi connectivity index (χ4n) is 2.02. The topological polar surface area (TPSA) is 92.9 Å². The third kappa shape index (κ3) is 3.46. The number of hydrogen-bond donors (Lipinski definition) is 2. The first-order valence-electron chi connectivity index (χ1n) is 6.71. The van der Waals surface area contributed by atoms with Crippen molar-refractivity contribution in [1.82, 2.24) is 19.7 Å². The van der Waals surface area contributed by atoms with E-state index in [1.54, 1.807) is 36.8 Å². The molecule has 8 heteroatoms. The first kappa shape index (κ1) is 15.0. The van der Waals surface area contributed by atoms with Gasteiger partial charge in [0.25, 0.3) is 0 Å². The van der Waals surface area contributed by atoms with E-state index in [1.165, 1.54) is 10.9 Å². The number of aromatic carboxylic acids is 1. The Hall–Kier alpha value is -2.93. The van der Waals surface area contributed by atoms with Crippen LogP contribution in [0.5, 0.6) is 0 Å². The van der Waals surface area contributed by atoms with Gasteiger partial charge in [-0.3, -0.25) is 4.98 Å². The van der Waals surface area contributed by atoms with Crippen LogP contribution >= 0.6 is 11.6 Å². The molecule has 7 nitrogen and oxygen atoms in total. The average Bonchev–Trinajstić information content (AvgIpc) is 2.99. The number of aromatic nitrogens is 4. The van der Waals surface area contributed by atoms with Crippen LogP contribution in [0.4, 0.5) is 5.69 Å². The van der Waals surface area contributed by atoms with Crippen LogP contribution in [-0.2, 0) is 6.54 Å². The lowest BCUT2D eigenvalue weighted by Crippen LogP contribution is -2.06. The number of hydrogen-bond acceptors (Lipinski definition) is 5. The Morgan fingerprint density at radius 1 is 1.30 bits per heavy atom. The van der Waals surface area contributed by atoms with Crippen LogP contribution in [0.1, 0.15) is 16.1 Å². The summed E-state index contributed by atoms with van der Waals surface area (Å²) in [5.41, 5.74) is 1.96. The molecule has 0 saturated heterocycles. The molecule has 3 aromatic heterocycles. The van der Waals surface area contributed by atoms with Crippen molar-refractivity contribution in [2.75, 3.05) is 5.32 Å². The van der Waals surface area contributed by atoms with Gasteiger partial charge in [0.15, 0.2) is 5.69 Å². The van der Waals surface area contributed by atoms with E-state index in [0.717, 1.165) is 5.69 Å². The van der Waals surface area contributed by atoms with Crippen molar-refractivity contribution in [2.24, 2.45) is 0 Å². The number of pyridine rings is 2. The van der Waals surface area contributed by atoms with E-state index >= 15 is 0 Å². The average molecular weight is 330 g/mol. The highest BCUT2D eigenvalue weighted by Crippen LogP contribution is 2.15. The van der Waals surface area contributed by atoms with Crippen LogP contribution in [0.15, 0.2) is 49.1 Å². The van der Waals surface area contributed by atoms with Crippen LogP contribution in [0.25, 0.3) is 5.69 Å². The number of rotatable bonds is 5. The number of anilines is 1. The SMILES string of the molecule is O=C(O)c1nn(-c2ccc(Cl)nc2)cc1CNc1cccnc1. The number of nitrogens with one attached hydrogen (secondary N) is 1. The zero-order chi connectivity index (χ0) is 16.2. The molecule has 3 heterocycles. The van der Waals surface area contributed by atoms with Gasteiger partial charge in [0.05, 0.1) is 17.6 Å². The Morgan fingerprint density at radius 2 is 2.17 bits per heavy atom. The molecule has 0 aliphatic rings. The Balaban J connectivity index is 1.87. The number of carbonyl (C=O) groups is 1. The Kier molecular flexibility index (Phi) is 4.20. The molecule has 116 valence electrons. The first-order valence-corrected chi connectivity index (χ1v) is 7.09. The van der Waals surface area contributed by atoms with Gasteiger partial charge in [-0.1, -0.05) is 11.6 Å². The highest BCUT2D eigenvalue weighted by Gasteiger charge is 2.16. The Bertz CT molecular complexity index is 818. The van der Waals surface area contributed by atoms with E-state index < -0.39 is 5.97 Å². The van der Waals surface area contributed by atoms with Gasteiger partial charge in [-0.15, -0.1) is 0 Å². The van der Waals surface area contributed by atoms with E-state index in [0.29, 0.717) is 22.9 Å². The molecular formula is C15H12ClN5O2. The molecule has 0 spiro atoms. The molecule has 0 unspecified atom stereocenters. The maximum Gasteiger partial charge on any atom is 0.356 e. The van der Waals surface area contributed by atoms with E-state index in [2.05, 4.69) is 20.4 Å². The van der Waals surface area contributed by atoms with Crippen molar-refractivity contribution in [3.63, 3.8) is 0 Å². The van der Waals surface area contributed by atoms with Gasteiger partial charge >= 0.3 is 5.97 Å². The van der Waals surface area contributed by atoms with E-state index in [9.17, 15) is 9.90 Å². The minimum absolute atomic E-state index is 0.0173. The van der Waals surface area contributed by atoms with Crippen molar-refractivity contribution < 1.29 is 9.90 Å². The standard InChI is InChI=1S/C15H12ClN5O2/c16-13-4-3-12(8-19-13)21-9-10(14(20-21)15(22)23)6-18-11-2-1-5-17-7-11/h1-5,7-9,18H,6H2,(H,22,23). The molecule has 23 heavy (non-hydrogen) atoms. The van der Waals surface area contributed by atoms with Crippen molar-refractivity contribution in [2.45, 2.75) is 6.54 Å². The van der Waals surface area contributed by atoms with E-state index in [4.69, 9.17) is 11.6 Å². The second kappa shape index (κ2) is 6.45. The fourth-order valence-corrected chi connectivity index (χ4v) is 2.13. The smallest absolute Gasteiger partial charge is 0.356 e. The molecular weight excluding hydrogens is 318 g/mol. The molecule has 3 rings (SSSR count). The van der Waals surface area contributed by atoms with Gasteiger partial charge in [-0.2, -0.15) is 5.10 Å². The highest BCUT2D eigenvalue weighted by molar-refractivity contribution is 6.29. The largest absolute Gasteiger partial charge is 0.476 e. The van der Waals surface area contributed by atoms with E-state index in [-0.39, 0.29) is 5.69 Å². The summed E-state index contributed by atoms with van der Waals surface area (Å²) in [6.45, 7) is 0.314. The summed E-state index contributed by atoms with van der Waals surface area (Å²) < 4.78 is 1.47. The number of nitrogens with zero attached hydrogens (tertiary/aromatic N) is 4. The third-order valence-corrected chi connectivity index (χ3v) is 3.34. The molecule has 0 fully saturated rings. The lowest BCUT2D eigenvalue weighted by molar-refractivity contribution is 0.0689. The van der Waals surface area contributed by atoms with E-state index in [1.807, 2.05) is 6.07 Å². The molecule has 0 bridgehead atoms. The fraction of sp³-hybridized carbons (Fsp3) is 0.0667. The number of carboxylic acids is 1. The third-order valence-electron chi connectivity index (χ3n) is 3.11. The second-order valence-electron chi connectivity index (χ2n) is 4.69. The highest BCUT2D eigenvalue weighted by atomic mass is 35.5. The zero-order valence-electron chi connectivity index (χ0n) is 11.8. The van der Waals surface area contributed by atoms with Gasteiger partial charge in [-0.05, 0) is 24.3 Å². The minimum Gasteiger partial charge on any atom is -0.476 e. The Morgan fingerprint density at radius 3 is 2.83 bits per heavy atom. The molecule has 0 atom stereocenters. The summed E-state index contributed by atoms with van der Waals surface area (Å²) in [5.74, 6) is -1.09. The lowest BCUT2D eigenvalue weighted by atomic mass is 10.2. The van der Waals surface area contributed by atoms with Crippen molar-refractivity contribution in [3.8, 4) is 5.69 Å². The van der Waals surface area contributed by atoms with Gasteiger partial charge in [0.2, 0.25) is 0 Å². The molecule has 0 aliphatic carbocycles. The van der Waals surface area contributed by atoms with Gasteiger partial charge in [0.1, 0.15) is 5.15 Å². The quantitative estimate of drug-likeness (QED) is 0.699. The number of carboxylic acid groups (broad SMARTS) is 1. The maximum atomic E-state index is 11.4. The van der Waals surface area contributed by atoms with Crippen molar-refractivity contribution >= 4 is 23.3 Å². The molecule has 0 amide bonds. The Labute approximate surface area is 136 Å². The van der Waals surface area contributed by atoms with Crippen molar-refractivity contribution in [1.29, 1.82) is 0 Å². The summed E-state index contributed by atoms with van der Waals surface area (Å²) in [6.07, 6.45) is 6.50. The van der Waals surface area contributed by atoms with Crippen molar-refractivity contribution in [3.05, 3.63) is 65.5 Å². The van der Waals surface area contributed by atoms with Crippen LogP contribution in [0, 0.1) is 0 Å². The molecule has 2 N–H and O–H groups in total. The van der Waals surface area contributed by atoms with Gasteiger partial charge in [0, 0.05) is 30.7 Å². The minimum atomic E-state index is -1.09. The molecule has 3 aromatic rings. The normalized spacial score (nSPS) is 10.5. The molecule has 0 aliphatic heterocycles. The van der Waals surface area contributed by atoms with Gasteiger partial charge < -0.3 is 10.4 Å². The van der Waals surface area contributed by atoms with Crippen LogP contribution < -0.4 is 5.32 Å². The maximum absolute atomic E-state index is 11.4. The number of halogens is 1. The predicted octanol–water partition coefficient (Wildman–Crippen LogP) is 2.63. The summed E-state index contributed by atoms with van der Waals surface area (Å²) in [4.78, 5) is 19.3. The lowest BCUT2D eigenvalue weighted by Gasteiger charge is -2.04. The molecule has 0 aromatic carbocycles.